The van der Waals surface area contributed by atoms with Crippen LogP contribution in [0.4, 0.5) is 4.79 Å². The van der Waals surface area contributed by atoms with E-state index in [1.165, 1.54) is 22.7 Å². The highest BCUT2D eigenvalue weighted by Crippen LogP contribution is 2.51. The number of ether oxygens (including phenoxy) is 2. The van der Waals surface area contributed by atoms with Crippen molar-refractivity contribution in [3.63, 3.8) is 0 Å². The van der Waals surface area contributed by atoms with E-state index < -0.39 is 12.1 Å². The molecule has 2 amide bonds. The molecule has 0 aromatic carbocycles. The van der Waals surface area contributed by atoms with Crippen LogP contribution >= 0.6 is 11.8 Å². The van der Waals surface area contributed by atoms with Crippen LogP contribution in [0.2, 0.25) is 0 Å². The minimum absolute atomic E-state index is 0.000765. The third-order valence-electron chi connectivity index (χ3n) is 4.62. The van der Waals surface area contributed by atoms with Crippen LogP contribution in [-0.2, 0) is 19.1 Å². The number of β-lactam (4-membered cyclic amide) rings is 1. The number of hydrogen-bond acceptors (Lipinski definition) is 7. The lowest BCUT2D eigenvalue weighted by molar-refractivity contribution is -0.152. The van der Waals surface area contributed by atoms with Gasteiger partial charge in [-0.25, -0.2) is 4.79 Å². The Bertz CT molecular complexity index is 649. The Labute approximate surface area is 149 Å². The molecule has 0 saturated carbocycles. The molecule has 8 nitrogen and oxygen atoms in total. The maximum absolute atomic E-state index is 12.2. The van der Waals surface area contributed by atoms with Gasteiger partial charge in [-0.3, -0.25) is 14.5 Å². The van der Waals surface area contributed by atoms with E-state index in [1.54, 1.807) is 11.9 Å². The van der Waals surface area contributed by atoms with Crippen LogP contribution in [0, 0.1) is 5.92 Å². The first-order chi connectivity index (χ1) is 12.0. The highest BCUT2D eigenvalue weighted by Gasteiger charge is 2.55. The van der Waals surface area contributed by atoms with Gasteiger partial charge in [0.25, 0.3) is 0 Å². The summed E-state index contributed by atoms with van der Waals surface area (Å²) in [7, 11) is 1.75. The molecule has 136 valence electrons. The largest absolute Gasteiger partial charge is 0.515 e. The summed E-state index contributed by atoms with van der Waals surface area (Å²) in [6.07, 6.45) is 2.20. The smallest absolute Gasteiger partial charge is 0.430 e. The van der Waals surface area contributed by atoms with E-state index in [0.29, 0.717) is 12.8 Å². The Morgan fingerprint density at radius 2 is 2.24 bits per heavy atom. The number of aliphatic hydroxyl groups excluding tert-OH is 1. The average Bonchev–Trinajstić information content (AvgIpc) is 3.06. The van der Waals surface area contributed by atoms with Crippen molar-refractivity contribution in [3.05, 3.63) is 23.4 Å². The third kappa shape index (κ3) is 3.13. The summed E-state index contributed by atoms with van der Waals surface area (Å²) in [4.78, 5) is 39.5. The molecule has 3 aliphatic heterocycles. The summed E-state index contributed by atoms with van der Waals surface area (Å²) in [5.74, 6) is -0.550. The van der Waals surface area contributed by atoms with Gasteiger partial charge < -0.3 is 19.5 Å². The van der Waals surface area contributed by atoms with Crippen LogP contribution in [0.1, 0.15) is 19.3 Å². The summed E-state index contributed by atoms with van der Waals surface area (Å²) in [6.45, 7) is 3.21. The van der Waals surface area contributed by atoms with E-state index in [9.17, 15) is 19.5 Å². The average molecular weight is 368 g/mol. The monoisotopic (exact) mass is 368 g/mol. The van der Waals surface area contributed by atoms with E-state index in [4.69, 9.17) is 9.47 Å². The van der Waals surface area contributed by atoms with Gasteiger partial charge in [0.2, 0.25) is 17.7 Å². The summed E-state index contributed by atoms with van der Waals surface area (Å²) in [6, 6.07) is -0.000765. The number of carbonyl (C=O) groups excluding carboxylic acids is 3. The van der Waals surface area contributed by atoms with Gasteiger partial charge in [-0.15, -0.1) is 0 Å². The second-order valence-electron chi connectivity index (χ2n) is 6.09. The number of rotatable bonds is 6. The molecule has 3 atom stereocenters. The number of hydrogen-bond donors (Lipinski definition) is 1. The normalized spacial score (nSPS) is 28.2. The number of fused-ring (bicyclic) bond motifs is 1. The molecule has 0 radical (unpaired) electrons. The lowest BCUT2D eigenvalue weighted by Crippen LogP contribution is -2.58. The molecule has 0 aromatic rings. The van der Waals surface area contributed by atoms with E-state index >= 15 is 0 Å². The van der Waals surface area contributed by atoms with Crippen molar-refractivity contribution in [2.75, 3.05) is 20.3 Å². The lowest BCUT2D eigenvalue weighted by atomic mass is 10.00. The molecular formula is C16H20N2O6S. The molecule has 25 heavy (non-hydrogen) atoms. The predicted octanol–water partition coefficient (Wildman–Crippen LogP) is 1.03. The lowest BCUT2D eigenvalue weighted by Gasteiger charge is -2.40. The molecular weight excluding hydrogens is 348 g/mol. The summed E-state index contributed by atoms with van der Waals surface area (Å²) in [5, 5.41) is 9.08. The van der Waals surface area contributed by atoms with E-state index in [-0.39, 0.29) is 42.3 Å². The first-order valence-electron chi connectivity index (χ1n) is 8.02. The van der Waals surface area contributed by atoms with Crippen LogP contribution in [0.3, 0.4) is 0 Å². The van der Waals surface area contributed by atoms with Crippen molar-refractivity contribution < 1.29 is 29.0 Å². The first-order valence-corrected chi connectivity index (χ1v) is 8.90. The number of thioether (sulfide) groups is 1. The minimum Gasteiger partial charge on any atom is -0.430 e. The minimum atomic E-state index is -0.912. The zero-order chi connectivity index (χ0) is 18.1. The number of likely N-dealkylation sites (tertiary alicyclic amines) is 1. The fourth-order valence-electron chi connectivity index (χ4n) is 3.17. The van der Waals surface area contributed by atoms with E-state index in [0.717, 1.165) is 11.3 Å². The molecule has 9 heteroatoms. The molecule has 0 spiro atoms. The van der Waals surface area contributed by atoms with Crippen LogP contribution < -0.4 is 0 Å². The van der Waals surface area contributed by atoms with Gasteiger partial charge in [0, 0.05) is 25.9 Å². The summed E-state index contributed by atoms with van der Waals surface area (Å²) in [5.41, 5.74) is 0. The molecule has 1 N–H and O–H groups in total. The van der Waals surface area contributed by atoms with Gasteiger partial charge in [0.05, 0.1) is 17.4 Å². The van der Waals surface area contributed by atoms with Gasteiger partial charge in [0.15, 0.2) is 0 Å². The number of aliphatic hydroxyl groups is 1. The fourth-order valence-corrected chi connectivity index (χ4v) is 4.66. The van der Waals surface area contributed by atoms with Crippen molar-refractivity contribution in [2.24, 2.45) is 5.92 Å². The molecule has 2 fully saturated rings. The molecule has 0 aromatic heterocycles. The first kappa shape index (κ1) is 17.8. The SMILES string of the molecule is C=CCOC(=O)OC1=C(C[C@H]2CCC(=O)N2C)S[C@@H]2[C@@H](CO)C(=O)N12. The zero-order valence-corrected chi connectivity index (χ0v) is 14.7. The van der Waals surface area contributed by atoms with Gasteiger partial charge in [-0.2, -0.15) is 0 Å². The Balaban J connectivity index is 1.77. The Hall–Kier alpha value is -2.00. The maximum Gasteiger partial charge on any atom is 0.515 e. The second-order valence-corrected chi connectivity index (χ2v) is 7.30. The highest BCUT2D eigenvalue weighted by atomic mass is 32.2. The van der Waals surface area contributed by atoms with Crippen molar-refractivity contribution in [1.82, 2.24) is 9.80 Å². The quantitative estimate of drug-likeness (QED) is 0.425. The predicted molar refractivity (Wildman–Crippen MR) is 88.9 cm³/mol. The molecule has 2 saturated heterocycles. The van der Waals surface area contributed by atoms with Crippen LogP contribution in [0.15, 0.2) is 23.4 Å². The molecule has 0 unspecified atom stereocenters. The number of nitrogens with zero attached hydrogens (tertiary/aromatic N) is 2. The van der Waals surface area contributed by atoms with Gasteiger partial charge in [-0.05, 0) is 6.42 Å². The Morgan fingerprint density at radius 1 is 1.48 bits per heavy atom. The Kier molecular flexibility index (Phi) is 5.05. The van der Waals surface area contributed by atoms with Crippen molar-refractivity contribution in [2.45, 2.75) is 30.7 Å². The summed E-state index contributed by atoms with van der Waals surface area (Å²) >= 11 is 1.39. The van der Waals surface area contributed by atoms with Crippen molar-refractivity contribution in [1.29, 1.82) is 0 Å². The maximum atomic E-state index is 12.2. The fraction of sp³-hybridized carbons (Fsp3) is 0.562. The van der Waals surface area contributed by atoms with E-state index in [2.05, 4.69) is 6.58 Å². The van der Waals surface area contributed by atoms with E-state index in [1.807, 2.05) is 0 Å². The molecule has 0 aliphatic carbocycles. The van der Waals surface area contributed by atoms with Crippen LogP contribution in [0.25, 0.3) is 0 Å². The Morgan fingerprint density at radius 3 is 2.84 bits per heavy atom. The van der Waals surface area contributed by atoms with Gasteiger partial charge >= 0.3 is 6.16 Å². The standard InChI is InChI=1S/C16H20N2O6S/c1-3-6-23-16(22)24-14-11(7-9-4-5-12(20)17(9)2)25-15-10(8-19)13(21)18(14)15/h3,9-10,15,19H,1,4-8H2,2H3/t9-,10+,15-/m1/s1. The van der Waals surface area contributed by atoms with Crippen molar-refractivity contribution >= 4 is 29.7 Å². The zero-order valence-electron chi connectivity index (χ0n) is 13.8. The molecule has 3 heterocycles. The molecule has 3 aliphatic rings. The number of amides is 2. The van der Waals surface area contributed by atoms with Crippen LogP contribution in [-0.4, -0.2) is 64.6 Å². The van der Waals surface area contributed by atoms with Gasteiger partial charge in [0.1, 0.15) is 12.0 Å². The van der Waals surface area contributed by atoms with Crippen molar-refractivity contribution in [3.8, 4) is 0 Å². The third-order valence-corrected chi connectivity index (χ3v) is 6.03. The van der Waals surface area contributed by atoms with Crippen LogP contribution in [0.5, 0.6) is 0 Å². The highest BCUT2D eigenvalue weighted by molar-refractivity contribution is 8.04. The van der Waals surface area contributed by atoms with Gasteiger partial charge in [-0.1, -0.05) is 24.4 Å². The second kappa shape index (κ2) is 7.09. The summed E-state index contributed by atoms with van der Waals surface area (Å²) < 4.78 is 10.1. The molecule has 3 rings (SSSR count). The number of carbonyl (C=O) groups is 3. The molecule has 0 bridgehead atoms. The topological polar surface area (TPSA) is 96.4 Å².